The number of aromatic nitrogens is 1. The lowest BCUT2D eigenvalue weighted by molar-refractivity contribution is -0.384. The summed E-state index contributed by atoms with van der Waals surface area (Å²) in [5.41, 5.74) is 2.40. The van der Waals surface area contributed by atoms with Crippen molar-refractivity contribution in [1.29, 1.82) is 0 Å². The average molecular weight is 259 g/mol. The maximum atomic E-state index is 10.6. The van der Waals surface area contributed by atoms with Crippen molar-refractivity contribution in [2.45, 2.75) is 19.5 Å². The third kappa shape index (κ3) is 3.20. The van der Waals surface area contributed by atoms with Crippen LogP contribution in [-0.2, 0) is 6.54 Å². The Balaban J connectivity index is 2.08. The Bertz CT molecular complexity index is 560. The lowest BCUT2D eigenvalue weighted by Crippen LogP contribution is -2.11. The Morgan fingerprint density at radius 3 is 2.58 bits per heavy atom. The molecule has 1 atom stereocenters. The molecule has 0 spiro atoms. The largest absolute Gasteiger partial charge is 0.350 e. The summed E-state index contributed by atoms with van der Waals surface area (Å²) >= 11 is 0. The molecular weight excluding hydrogens is 242 g/mol. The normalized spacial score (nSPS) is 12.3. The lowest BCUT2D eigenvalue weighted by Gasteiger charge is -2.07. The van der Waals surface area contributed by atoms with Gasteiger partial charge >= 0.3 is 0 Å². The van der Waals surface area contributed by atoms with Gasteiger partial charge in [-0.25, -0.2) is 0 Å². The summed E-state index contributed by atoms with van der Waals surface area (Å²) in [6, 6.07) is 9.05. The van der Waals surface area contributed by atoms with Crippen molar-refractivity contribution in [2.75, 3.05) is 7.05 Å². The molecule has 5 nitrogen and oxygen atoms in total. The Morgan fingerprint density at radius 2 is 2.00 bits per heavy atom. The molecule has 0 saturated carbocycles. The molecule has 1 unspecified atom stereocenters. The van der Waals surface area contributed by atoms with Crippen LogP contribution in [0.2, 0.25) is 0 Å². The second-order valence-corrected chi connectivity index (χ2v) is 4.55. The minimum absolute atomic E-state index is 0.126. The number of hydrogen-bond donors (Lipinski definition) is 1. The second kappa shape index (κ2) is 5.67. The Labute approximate surface area is 112 Å². The first-order chi connectivity index (χ1) is 9.10. The molecule has 0 fully saturated rings. The number of benzene rings is 1. The minimum atomic E-state index is -0.383. The summed E-state index contributed by atoms with van der Waals surface area (Å²) in [6.45, 7) is 2.82. The summed E-state index contributed by atoms with van der Waals surface area (Å²) in [4.78, 5) is 10.2. The number of nitro benzene ring substituents is 1. The number of nitrogens with zero attached hydrogens (tertiary/aromatic N) is 2. The van der Waals surface area contributed by atoms with Crippen LogP contribution < -0.4 is 5.32 Å². The highest BCUT2D eigenvalue weighted by Crippen LogP contribution is 2.15. The summed E-state index contributed by atoms with van der Waals surface area (Å²) in [6.07, 6.45) is 4.10. The van der Waals surface area contributed by atoms with E-state index in [1.807, 2.05) is 13.2 Å². The molecule has 0 aliphatic heterocycles. The van der Waals surface area contributed by atoms with Gasteiger partial charge < -0.3 is 9.88 Å². The molecule has 19 heavy (non-hydrogen) atoms. The van der Waals surface area contributed by atoms with Gasteiger partial charge in [-0.05, 0) is 31.2 Å². The quantitative estimate of drug-likeness (QED) is 0.663. The molecule has 1 aromatic heterocycles. The maximum absolute atomic E-state index is 10.6. The molecule has 1 heterocycles. The highest BCUT2D eigenvalue weighted by atomic mass is 16.6. The first kappa shape index (κ1) is 13.3. The summed E-state index contributed by atoms with van der Waals surface area (Å²) in [5.74, 6) is 0. The fourth-order valence-electron chi connectivity index (χ4n) is 1.91. The number of non-ortho nitro benzene ring substituents is 1. The van der Waals surface area contributed by atoms with Crippen molar-refractivity contribution in [3.05, 3.63) is 64.0 Å². The fraction of sp³-hybridized carbons (Fsp3) is 0.286. The molecule has 0 aliphatic rings. The molecule has 2 rings (SSSR count). The zero-order valence-corrected chi connectivity index (χ0v) is 11.0. The SMILES string of the molecule is CNC(C)c1ccn(Cc2ccc([N+](=O)[O-])cc2)c1. The van der Waals surface area contributed by atoms with Gasteiger partial charge in [0, 0.05) is 37.1 Å². The Kier molecular flexibility index (Phi) is 3.97. The molecule has 100 valence electrons. The molecule has 0 aliphatic carbocycles. The fourth-order valence-corrected chi connectivity index (χ4v) is 1.91. The van der Waals surface area contributed by atoms with E-state index < -0.39 is 0 Å². The second-order valence-electron chi connectivity index (χ2n) is 4.55. The van der Waals surface area contributed by atoms with E-state index in [9.17, 15) is 10.1 Å². The smallest absolute Gasteiger partial charge is 0.269 e. The zero-order valence-electron chi connectivity index (χ0n) is 11.0. The minimum Gasteiger partial charge on any atom is -0.350 e. The molecule has 1 N–H and O–H groups in total. The van der Waals surface area contributed by atoms with Crippen LogP contribution in [0.5, 0.6) is 0 Å². The van der Waals surface area contributed by atoms with E-state index in [1.165, 1.54) is 17.7 Å². The van der Waals surface area contributed by atoms with E-state index in [4.69, 9.17) is 0 Å². The highest BCUT2D eigenvalue weighted by Gasteiger charge is 2.06. The van der Waals surface area contributed by atoms with Gasteiger partial charge in [-0.1, -0.05) is 12.1 Å². The molecule has 0 saturated heterocycles. The predicted octanol–water partition coefficient (Wildman–Crippen LogP) is 2.73. The van der Waals surface area contributed by atoms with E-state index in [0.717, 1.165) is 5.56 Å². The molecule has 5 heteroatoms. The molecule has 0 bridgehead atoms. The average Bonchev–Trinajstić information content (AvgIpc) is 2.87. The van der Waals surface area contributed by atoms with Gasteiger partial charge in [-0.2, -0.15) is 0 Å². The van der Waals surface area contributed by atoms with Crippen molar-refractivity contribution in [1.82, 2.24) is 9.88 Å². The summed E-state index contributed by atoms with van der Waals surface area (Å²) in [7, 11) is 1.93. The van der Waals surface area contributed by atoms with Gasteiger partial charge in [0.15, 0.2) is 0 Å². The molecule has 1 aromatic carbocycles. The third-order valence-electron chi connectivity index (χ3n) is 3.22. The van der Waals surface area contributed by atoms with Crippen LogP contribution in [0, 0.1) is 10.1 Å². The molecular formula is C14H17N3O2. The van der Waals surface area contributed by atoms with Crippen molar-refractivity contribution in [3.63, 3.8) is 0 Å². The zero-order chi connectivity index (χ0) is 13.8. The van der Waals surface area contributed by atoms with E-state index in [0.29, 0.717) is 12.6 Å². The van der Waals surface area contributed by atoms with E-state index in [2.05, 4.69) is 29.1 Å². The van der Waals surface area contributed by atoms with Gasteiger partial charge in [0.05, 0.1) is 4.92 Å². The van der Waals surface area contributed by atoms with E-state index >= 15 is 0 Å². The third-order valence-corrected chi connectivity index (χ3v) is 3.22. The lowest BCUT2D eigenvalue weighted by atomic mass is 10.2. The van der Waals surface area contributed by atoms with E-state index in [1.54, 1.807) is 12.1 Å². The summed E-state index contributed by atoms with van der Waals surface area (Å²) < 4.78 is 2.07. The van der Waals surface area contributed by atoms with Crippen molar-refractivity contribution < 1.29 is 4.92 Å². The van der Waals surface area contributed by atoms with Gasteiger partial charge in [0.25, 0.3) is 5.69 Å². The van der Waals surface area contributed by atoms with Gasteiger partial charge in [-0.15, -0.1) is 0 Å². The van der Waals surface area contributed by atoms with Crippen LogP contribution in [0.1, 0.15) is 24.1 Å². The first-order valence-electron chi connectivity index (χ1n) is 6.16. The topological polar surface area (TPSA) is 60.1 Å². The van der Waals surface area contributed by atoms with Gasteiger partial charge in [0.2, 0.25) is 0 Å². The maximum Gasteiger partial charge on any atom is 0.269 e. The van der Waals surface area contributed by atoms with Crippen LogP contribution in [0.4, 0.5) is 5.69 Å². The predicted molar refractivity (Wildman–Crippen MR) is 74.1 cm³/mol. The number of nitro groups is 1. The van der Waals surface area contributed by atoms with Crippen LogP contribution in [0.3, 0.4) is 0 Å². The Morgan fingerprint density at radius 1 is 1.32 bits per heavy atom. The standard InChI is InChI=1S/C14H17N3O2/c1-11(15-2)13-7-8-16(10-13)9-12-3-5-14(6-4-12)17(18)19/h3-8,10-11,15H,9H2,1-2H3. The Hall–Kier alpha value is -2.14. The molecule has 2 aromatic rings. The van der Waals surface area contributed by atoms with E-state index in [-0.39, 0.29) is 10.6 Å². The van der Waals surface area contributed by atoms with Crippen molar-refractivity contribution in [2.24, 2.45) is 0 Å². The van der Waals surface area contributed by atoms with Gasteiger partial charge in [-0.3, -0.25) is 10.1 Å². The first-order valence-corrected chi connectivity index (χ1v) is 6.16. The number of hydrogen-bond acceptors (Lipinski definition) is 3. The summed E-state index contributed by atoms with van der Waals surface area (Å²) in [5, 5.41) is 13.8. The molecule has 0 radical (unpaired) electrons. The van der Waals surface area contributed by atoms with Crippen molar-refractivity contribution >= 4 is 5.69 Å². The number of rotatable bonds is 5. The van der Waals surface area contributed by atoms with Crippen LogP contribution in [0.15, 0.2) is 42.7 Å². The van der Waals surface area contributed by atoms with Crippen LogP contribution in [0.25, 0.3) is 0 Å². The molecule has 0 amide bonds. The number of nitrogens with one attached hydrogen (secondary N) is 1. The highest BCUT2D eigenvalue weighted by molar-refractivity contribution is 5.33. The monoisotopic (exact) mass is 259 g/mol. The van der Waals surface area contributed by atoms with Gasteiger partial charge in [0.1, 0.15) is 0 Å². The van der Waals surface area contributed by atoms with Crippen LogP contribution >= 0.6 is 0 Å². The van der Waals surface area contributed by atoms with Crippen LogP contribution in [-0.4, -0.2) is 16.5 Å². The van der Waals surface area contributed by atoms with Crippen molar-refractivity contribution in [3.8, 4) is 0 Å².